The Kier molecular flexibility index (Phi) is 6.09. The average Bonchev–Trinajstić information content (AvgIpc) is 2.75. The molecule has 6 heteroatoms. The number of pyridine rings is 1. The van der Waals surface area contributed by atoms with Gasteiger partial charge in [0.2, 0.25) is 0 Å². The Labute approximate surface area is 182 Å². The van der Waals surface area contributed by atoms with Crippen LogP contribution in [0.4, 0.5) is 5.69 Å². The Balaban J connectivity index is 1.71. The molecule has 3 aromatic rings. The van der Waals surface area contributed by atoms with Gasteiger partial charge in [0.1, 0.15) is 11.9 Å². The molecule has 2 heterocycles. The van der Waals surface area contributed by atoms with Gasteiger partial charge in [0.15, 0.2) is 0 Å². The minimum absolute atomic E-state index is 0.122. The summed E-state index contributed by atoms with van der Waals surface area (Å²) in [6, 6.07) is 13.1. The molecule has 0 radical (unpaired) electrons. The molecule has 0 spiro atoms. The number of aryl methyl sites for hydroxylation is 2. The van der Waals surface area contributed by atoms with Crippen LogP contribution in [0.2, 0.25) is 0 Å². The van der Waals surface area contributed by atoms with Crippen molar-refractivity contribution in [1.29, 1.82) is 0 Å². The van der Waals surface area contributed by atoms with E-state index in [0.717, 1.165) is 59.5 Å². The van der Waals surface area contributed by atoms with Gasteiger partial charge in [-0.25, -0.2) is 9.78 Å². The lowest BCUT2D eigenvalue weighted by Crippen LogP contribution is -2.26. The summed E-state index contributed by atoms with van der Waals surface area (Å²) in [5.74, 6) is -0.156. The summed E-state index contributed by atoms with van der Waals surface area (Å²) in [6.07, 6.45) is 1.89. The minimum atomic E-state index is -0.950. The third-order valence-corrected chi connectivity index (χ3v) is 5.71. The lowest BCUT2D eigenvalue weighted by molar-refractivity contribution is 0.0252. The number of carboxylic acid groups (broad SMARTS) is 1. The first kappa shape index (κ1) is 21.1. The van der Waals surface area contributed by atoms with Crippen LogP contribution in [0, 0.1) is 13.8 Å². The lowest BCUT2D eigenvalue weighted by Gasteiger charge is -2.25. The smallest absolute Gasteiger partial charge is 0.337 e. The van der Waals surface area contributed by atoms with E-state index < -0.39 is 5.97 Å². The highest BCUT2D eigenvalue weighted by Crippen LogP contribution is 2.33. The third kappa shape index (κ3) is 4.64. The molecule has 1 aliphatic heterocycles. The largest absolute Gasteiger partial charge is 0.488 e. The van der Waals surface area contributed by atoms with Gasteiger partial charge in [0, 0.05) is 30.0 Å². The fourth-order valence-electron chi connectivity index (χ4n) is 4.08. The molecule has 4 rings (SSSR count). The van der Waals surface area contributed by atoms with Gasteiger partial charge in [-0.1, -0.05) is 18.2 Å². The number of para-hydroxylation sites is 1. The fourth-order valence-corrected chi connectivity index (χ4v) is 4.08. The highest BCUT2D eigenvalue weighted by atomic mass is 16.5. The molecule has 31 heavy (non-hydrogen) atoms. The van der Waals surface area contributed by atoms with Crippen molar-refractivity contribution >= 4 is 22.6 Å². The highest BCUT2D eigenvalue weighted by Gasteiger charge is 2.19. The number of benzene rings is 2. The van der Waals surface area contributed by atoms with Gasteiger partial charge >= 0.3 is 5.97 Å². The molecular formula is C25H28N2O4. The first-order valence-electron chi connectivity index (χ1n) is 10.7. The maximum absolute atomic E-state index is 11.6. The van der Waals surface area contributed by atoms with E-state index in [-0.39, 0.29) is 17.7 Å². The summed E-state index contributed by atoms with van der Waals surface area (Å²) >= 11 is 0. The van der Waals surface area contributed by atoms with Crippen LogP contribution in [0.3, 0.4) is 0 Å². The van der Waals surface area contributed by atoms with E-state index in [9.17, 15) is 9.90 Å². The van der Waals surface area contributed by atoms with Gasteiger partial charge in [-0.2, -0.15) is 0 Å². The third-order valence-electron chi connectivity index (χ3n) is 5.71. The summed E-state index contributed by atoms with van der Waals surface area (Å²) in [5, 5.41) is 13.9. The molecular weight excluding hydrogens is 392 g/mol. The molecule has 1 saturated heterocycles. The molecule has 1 aromatic heterocycles. The van der Waals surface area contributed by atoms with Gasteiger partial charge < -0.3 is 19.9 Å². The Morgan fingerprint density at radius 3 is 2.68 bits per heavy atom. The molecule has 6 nitrogen and oxygen atoms in total. The second-order valence-corrected chi connectivity index (χ2v) is 8.14. The van der Waals surface area contributed by atoms with E-state index in [4.69, 9.17) is 14.5 Å². The second kappa shape index (κ2) is 8.94. The zero-order chi connectivity index (χ0) is 22.0. The number of hydrogen-bond acceptors (Lipinski definition) is 5. The number of ether oxygens (including phenoxy) is 2. The molecule has 0 amide bonds. The van der Waals surface area contributed by atoms with Crippen molar-refractivity contribution < 1.29 is 19.4 Å². The minimum Gasteiger partial charge on any atom is -0.488 e. The molecule has 0 saturated carbocycles. The van der Waals surface area contributed by atoms with Crippen LogP contribution < -0.4 is 10.1 Å². The number of carboxylic acids is 1. The van der Waals surface area contributed by atoms with Gasteiger partial charge in [-0.15, -0.1) is 0 Å². The number of aromatic nitrogens is 1. The number of anilines is 1. The number of carbonyl (C=O) groups is 1. The number of fused-ring (bicyclic) bond motifs is 1. The maximum atomic E-state index is 11.6. The van der Waals surface area contributed by atoms with Crippen LogP contribution in [0.15, 0.2) is 42.5 Å². The quantitative estimate of drug-likeness (QED) is 0.565. The van der Waals surface area contributed by atoms with E-state index in [0.29, 0.717) is 5.69 Å². The topological polar surface area (TPSA) is 80.7 Å². The SMILES string of the molecule is Cc1cc(C(C)Nc2ccccc2C(=O)O)c2cc(OC3CCOCC3)c(C)nc2c1. The van der Waals surface area contributed by atoms with E-state index in [1.165, 1.54) is 0 Å². The van der Waals surface area contributed by atoms with Gasteiger partial charge in [0.05, 0.1) is 30.0 Å². The van der Waals surface area contributed by atoms with Crippen molar-refractivity contribution in [1.82, 2.24) is 4.98 Å². The van der Waals surface area contributed by atoms with E-state index in [2.05, 4.69) is 23.5 Å². The summed E-state index contributed by atoms with van der Waals surface area (Å²) in [7, 11) is 0. The molecule has 2 N–H and O–H groups in total. The Hall–Kier alpha value is -3.12. The summed E-state index contributed by atoms with van der Waals surface area (Å²) in [5.41, 5.74) is 4.78. The first-order chi connectivity index (χ1) is 14.9. The summed E-state index contributed by atoms with van der Waals surface area (Å²) in [6.45, 7) is 7.50. The molecule has 1 atom stereocenters. The number of hydrogen-bond donors (Lipinski definition) is 2. The normalized spacial score (nSPS) is 15.6. The fraction of sp³-hybridized carbons (Fsp3) is 0.360. The maximum Gasteiger partial charge on any atom is 0.337 e. The van der Waals surface area contributed by atoms with Crippen molar-refractivity contribution in [3.63, 3.8) is 0 Å². The summed E-state index contributed by atoms with van der Waals surface area (Å²) < 4.78 is 11.7. The molecule has 2 aromatic carbocycles. The lowest BCUT2D eigenvalue weighted by atomic mass is 9.98. The van der Waals surface area contributed by atoms with Crippen LogP contribution in [0.25, 0.3) is 10.9 Å². The number of nitrogens with zero attached hydrogens (tertiary/aromatic N) is 1. The highest BCUT2D eigenvalue weighted by molar-refractivity contribution is 5.94. The van der Waals surface area contributed by atoms with Crippen LogP contribution in [-0.4, -0.2) is 35.4 Å². The molecule has 1 unspecified atom stereocenters. The Morgan fingerprint density at radius 2 is 1.94 bits per heavy atom. The van der Waals surface area contributed by atoms with Crippen LogP contribution in [0.1, 0.15) is 53.0 Å². The van der Waals surface area contributed by atoms with E-state index in [1.54, 1.807) is 18.2 Å². The van der Waals surface area contributed by atoms with Crippen molar-refractivity contribution in [3.8, 4) is 5.75 Å². The molecule has 0 bridgehead atoms. The predicted octanol–water partition coefficient (Wildman–Crippen LogP) is 5.28. The standard InChI is InChI=1S/C25H28N2O4/c1-15-12-20(16(2)26-22-7-5-4-6-19(22)25(28)29)21-14-24(17(3)27-23(21)13-15)31-18-8-10-30-11-9-18/h4-7,12-14,16,18,26H,8-11H2,1-3H3,(H,28,29). The zero-order valence-electron chi connectivity index (χ0n) is 18.1. The zero-order valence-corrected chi connectivity index (χ0v) is 18.1. The van der Waals surface area contributed by atoms with Gasteiger partial charge in [-0.05, 0) is 56.2 Å². The van der Waals surface area contributed by atoms with E-state index >= 15 is 0 Å². The molecule has 0 aliphatic carbocycles. The van der Waals surface area contributed by atoms with Crippen LogP contribution in [-0.2, 0) is 4.74 Å². The van der Waals surface area contributed by atoms with E-state index in [1.807, 2.05) is 26.8 Å². The van der Waals surface area contributed by atoms with Crippen LogP contribution in [0.5, 0.6) is 5.75 Å². The molecule has 1 aliphatic rings. The summed E-state index contributed by atoms with van der Waals surface area (Å²) in [4.78, 5) is 16.4. The van der Waals surface area contributed by atoms with Gasteiger partial charge in [-0.3, -0.25) is 0 Å². The molecule has 1 fully saturated rings. The van der Waals surface area contributed by atoms with Crippen molar-refractivity contribution in [2.24, 2.45) is 0 Å². The Morgan fingerprint density at radius 1 is 1.19 bits per heavy atom. The number of rotatable bonds is 6. The number of aromatic carboxylic acids is 1. The van der Waals surface area contributed by atoms with Gasteiger partial charge in [0.25, 0.3) is 0 Å². The monoisotopic (exact) mass is 420 g/mol. The average molecular weight is 421 g/mol. The molecule has 162 valence electrons. The van der Waals surface area contributed by atoms with Crippen molar-refractivity contribution in [2.75, 3.05) is 18.5 Å². The number of nitrogens with one attached hydrogen (secondary N) is 1. The first-order valence-corrected chi connectivity index (χ1v) is 10.7. The Bertz CT molecular complexity index is 1110. The van der Waals surface area contributed by atoms with Crippen LogP contribution >= 0.6 is 0 Å². The second-order valence-electron chi connectivity index (χ2n) is 8.14. The predicted molar refractivity (Wildman–Crippen MR) is 121 cm³/mol. The van der Waals surface area contributed by atoms with Crippen molar-refractivity contribution in [2.45, 2.75) is 45.8 Å². The van der Waals surface area contributed by atoms with Crippen molar-refractivity contribution in [3.05, 3.63) is 64.8 Å².